The van der Waals surface area contributed by atoms with Gasteiger partial charge in [0.25, 0.3) is 5.91 Å². The Balaban J connectivity index is 2.04. The Hall–Kier alpha value is -2.17. The maximum absolute atomic E-state index is 13.9. The van der Waals surface area contributed by atoms with Gasteiger partial charge in [-0.15, -0.1) is 0 Å². The van der Waals surface area contributed by atoms with Crippen LogP contribution in [0.1, 0.15) is 116 Å². The highest BCUT2D eigenvalue weighted by Gasteiger charge is 2.52. The Morgan fingerprint density at radius 1 is 1.09 bits per heavy atom. The molecule has 2 aliphatic rings. The molecular weight excluding hydrogens is 424 g/mol. The third kappa shape index (κ3) is 5.55. The number of carboxylic acids is 1. The van der Waals surface area contributed by atoms with Crippen LogP contribution in [0.4, 0.5) is 0 Å². The molecule has 1 aromatic rings. The first-order valence-corrected chi connectivity index (χ1v) is 12.9. The van der Waals surface area contributed by atoms with Crippen LogP contribution < -0.4 is 0 Å². The Bertz CT molecular complexity index is 924. The summed E-state index contributed by atoms with van der Waals surface area (Å²) >= 11 is 0. The van der Waals surface area contributed by atoms with Crippen molar-refractivity contribution < 1.29 is 14.7 Å². The van der Waals surface area contributed by atoms with E-state index < -0.39 is 11.6 Å². The second-order valence-corrected chi connectivity index (χ2v) is 13.0. The van der Waals surface area contributed by atoms with Crippen molar-refractivity contribution >= 4 is 17.6 Å². The van der Waals surface area contributed by atoms with Gasteiger partial charge in [-0.05, 0) is 73.0 Å². The smallest absolute Gasteiger partial charge is 0.335 e. The van der Waals surface area contributed by atoms with E-state index >= 15 is 0 Å². The van der Waals surface area contributed by atoms with E-state index in [1.165, 1.54) is 0 Å². The summed E-state index contributed by atoms with van der Waals surface area (Å²) in [7, 11) is 0. The van der Waals surface area contributed by atoms with Crippen molar-refractivity contribution in [3.63, 3.8) is 0 Å². The summed E-state index contributed by atoms with van der Waals surface area (Å²) in [6.45, 7) is 17.7. The predicted molar refractivity (Wildman–Crippen MR) is 138 cm³/mol. The van der Waals surface area contributed by atoms with Crippen LogP contribution in [-0.2, 0) is 4.79 Å². The molecule has 0 unspecified atom stereocenters. The number of amides is 1. The van der Waals surface area contributed by atoms with Crippen LogP contribution in [-0.4, -0.2) is 33.3 Å². The van der Waals surface area contributed by atoms with E-state index in [9.17, 15) is 14.7 Å². The molecule has 1 aliphatic carbocycles. The average molecular weight is 469 g/mol. The van der Waals surface area contributed by atoms with E-state index in [2.05, 4.69) is 60.3 Å². The highest BCUT2D eigenvalue weighted by Crippen LogP contribution is 2.50. The van der Waals surface area contributed by atoms with Crippen LogP contribution in [0.15, 0.2) is 29.3 Å². The second-order valence-electron chi connectivity index (χ2n) is 13.0. The van der Waals surface area contributed by atoms with Gasteiger partial charge in [-0.1, -0.05) is 67.5 Å². The van der Waals surface area contributed by atoms with Gasteiger partial charge < -0.3 is 10.0 Å². The highest BCUT2D eigenvalue weighted by molar-refractivity contribution is 6.41. The normalized spacial score (nSPS) is 24.6. The number of hydrogen-bond acceptors (Lipinski definition) is 3. The molecule has 1 fully saturated rings. The number of aliphatic imine (C=N–C) groups is 1. The summed E-state index contributed by atoms with van der Waals surface area (Å²) in [6, 6.07) is 6.99. The Labute approximate surface area is 206 Å². The van der Waals surface area contributed by atoms with Gasteiger partial charge >= 0.3 is 5.97 Å². The molecule has 1 heterocycles. The molecule has 34 heavy (non-hydrogen) atoms. The van der Waals surface area contributed by atoms with Crippen LogP contribution >= 0.6 is 0 Å². The minimum Gasteiger partial charge on any atom is -0.478 e. The molecule has 1 spiro atoms. The summed E-state index contributed by atoms with van der Waals surface area (Å²) in [5, 5.41) is 9.38. The van der Waals surface area contributed by atoms with Crippen molar-refractivity contribution in [2.45, 2.75) is 106 Å². The van der Waals surface area contributed by atoms with Gasteiger partial charge in [-0.25, -0.2) is 4.79 Å². The molecule has 1 atom stereocenters. The van der Waals surface area contributed by atoms with Gasteiger partial charge in [0.1, 0.15) is 11.4 Å². The van der Waals surface area contributed by atoms with Crippen molar-refractivity contribution in [1.29, 1.82) is 0 Å². The van der Waals surface area contributed by atoms with Crippen LogP contribution in [0.5, 0.6) is 0 Å². The first-order chi connectivity index (χ1) is 15.6. The Morgan fingerprint density at radius 2 is 1.65 bits per heavy atom. The first kappa shape index (κ1) is 26.4. The predicted octanol–water partition coefficient (Wildman–Crippen LogP) is 7.12. The lowest BCUT2D eigenvalue weighted by atomic mass is 9.69. The lowest BCUT2D eigenvalue weighted by molar-refractivity contribution is -0.134. The monoisotopic (exact) mass is 468 g/mol. The van der Waals surface area contributed by atoms with Gasteiger partial charge in [0.15, 0.2) is 0 Å². The molecule has 5 nitrogen and oxygen atoms in total. The van der Waals surface area contributed by atoms with Crippen molar-refractivity contribution in [2.24, 2.45) is 27.7 Å². The van der Waals surface area contributed by atoms with Gasteiger partial charge in [0.05, 0.1) is 11.6 Å². The zero-order valence-electron chi connectivity index (χ0n) is 22.4. The van der Waals surface area contributed by atoms with Gasteiger partial charge in [0.2, 0.25) is 0 Å². The number of rotatable bonds is 6. The molecule has 1 aromatic carbocycles. The molecule has 1 N–H and O–H groups in total. The largest absolute Gasteiger partial charge is 0.478 e. The third-order valence-corrected chi connectivity index (χ3v) is 7.79. The fourth-order valence-corrected chi connectivity index (χ4v) is 5.61. The van der Waals surface area contributed by atoms with Gasteiger partial charge in [0, 0.05) is 5.92 Å². The van der Waals surface area contributed by atoms with Crippen LogP contribution in [0.3, 0.4) is 0 Å². The number of aromatic carboxylic acids is 1. The molecule has 1 aliphatic heterocycles. The molecule has 3 rings (SSSR count). The van der Waals surface area contributed by atoms with Crippen molar-refractivity contribution in [3.05, 3.63) is 35.4 Å². The van der Waals surface area contributed by atoms with Crippen LogP contribution in [0.2, 0.25) is 0 Å². The molecule has 188 valence electrons. The molecule has 0 bridgehead atoms. The minimum absolute atomic E-state index is 0.0606. The van der Waals surface area contributed by atoms with Gasteiger partial charge in [-0.2, -0.15) is 0 Å². The molecule has 1 saturated carbocycles. The van der Waals surface area contributed by atoms with Crippen molar-refractivity contribution in [1.82, 2.24) is 4.90 Å². The van der Waals surface area contributed by atoms with E-state index in [-0.39, 0.29) is 34.3 Å². The van der Waals surface area contributed by atoms with Crippen LogP contribution in [0.25, 0.3) is 0 Å². The number of carbonyl (C=O) groups excluding carboxylic acids is 1. The van der Waals surface area contributed by atoms with E-state index in [0.29, 0.717) is 11.6 Å². The second kappa shape index (κ2) is 9.47. The number of nitrogens with zero attached hydrogens (tertiary/aromatic N) is 2. The fourth-order valence-electron chi connectivity index (χ4n) is 5.61. The Kier molecular flexibility index (Phi) is 7.36. The fraction of sp³-hybridized carbons (Fsp3) is 0.690. The highest BCUT2D eigenvalue weighted by atomic mass is 16.4. The number of carbonyl (C=O) groups is 2. The molecule has 0 saturated heterocycles. The molecule has 0 aromatic heterocycles. The molecule has 5 heteroatoms. The SMILES string of the molecule is CC(C)C1=NC2(CCC(C(C)(C)C)CC2)N([C@H](CCC(C)(C)C)c2ccc(C(=O)O)cc2)C1=O. The summed E-state index contributed by atoms with van der Waals surface area (Å²) < 4.78 is 0. The number of benzene rings is 1. The number of hydrogen-bond donors (Lipinski definition) is 1. The summed E-state index contributed by atoms with van der Waals surface area (Å²) in [5.74, 6) is -0.175. The van der Waals surface area contributed by atoms with E-state index in [0.717, 1.165) is 44.1 Å². The molecule has 0 radical (unpaired) electrons. The first-order valence-electron chi connectivity index (χ1n) is 12.9. The summed E-state index contributed by atoms with van der Waals surface area (Å²) in [4.78, 5) is 32.6. The molecule has 1 amide bonds. The molecular formula is C29H44N2O3. The number of carboxylic acid groups (broad SMARTS) is 1. The lowest BCUT2D eigenvalue weighted by Crippen LogP contribution is -2.51. The van der Waals surface area contributed by atoms with Crippen molar-refractivity contribution in [3.8, 4) is 0 Å². The van der Waals surface area contributed by atoms with Crippen LogP contribution in [0, 0.1) is 22.7 Å². The topological polar surface area (TPSA) is 70.0 Å². The zero-order valence-corrected chi connectivity index (χ0v) is 22.4. The third-order valence-electron chi connectivity index (χ3n) is 7.79. The maximum atomic E-state index is 13.9. The average Bonchev–Trinajstić information content (AvgIpc) is 3.00. The Morgan fingerprint density at radius 3 is 2.09 bits per heavy atom. The zero-order chi connectivity index (χ0) is 25.5. The minimum atomic E-state index is -0.933. The summed E-state index contributed by atoms with van der Waals surface area (Å²) in [6.07, 6.45) is 5.68. The van der Waals surface area contributed by atoms with E-state index in [4.69, 9.17) is 4.99 Å². The lowest BCUT2D eigenvalue weighted by Gasteiger charge is -2.48. The maximum Gasteiger partial charge on any atom is 0.335 e. The quantitative estimate of drug-likeness (QED) is 0.483. The van der Waals surface area contributed by atoms with E-state index in [1.54, 1.807) is 12.1 Å². The van der Waals surface area contributed by atoms with Crippen molar-refractivity contribution in [2.75, 3.05) is 0 Å². The standard InChI is InChI=1S/C29H44N2O3/c1-19(2)24-25(32)31(29(30-24)17-13-22(14-18-29)28(6,7)8)23(15-16-27(3,4)5)20-9-11-21(12-10-20)26(33)34/h9-12,19,22-23H,13-18H2,1-8H3,(H,33,34)/t22?,23-,29?/m1/s1. The van der Waals surface area contributed by atoms with E-state index in [1.807, 2.05) is 12.1 Å². The van der Waals surface area contributed by atoms with Gasteiger partial charge in [-0.3, -0.25) is 9.79 Å². The summed E-state index contributed by atoms with van der Waals surface area (Å²) in [5.41, 5.74) is 1.84.